The molecule has 0 amide bonds. The van der Waals surface area contributed by atoms with E-state index in [1.165, 1.54) is 41.6 Å². The van der Waals surface area contributed by atoms with Crippen molar-refractivity contribution in [3.05, 3.63) is 48.2 Å². The highest BCUT2D eigenvalue weighted by Crippen LogP contribution is 2.45. The summed E-state index contributed by atoms with van der Waals surface area (Å²) in [4.78, 5) is 6.15. The molecule has 2 heterocycles. The van der Waals surface area contributed by atoms with Crippen molar-refractivity contribution in [1.29, 1.82) is 0 Å². The van der Waals surface area contributed by atoms with Gasteiger partial charge in [0.05, 0.1) is 0 Å². The number of thioether (sulfide) groups is 1. The number of nitrogens with one attached hydrogen (secondary N) is 1. The monoisotopic (exact) mass is 312 g/mol. The van der Waals surface area contributed by atoms with Gasteiger partial charge >= 0.3 is 0 Å². The van der Waals surface area contributed by atoms with E-state index in [2.05, 4.69) is 53.2 Å². The summed E-state index contributed by atoms with van der Waals surface area (Å²) in [7, 11) is 0. The van der Waals surface area contributed by atoms with Gasteiger partial charge in [-0.3, -0.25) is 4.90 Å². The molecule has 3 atom stereocenters. The molecule has 2 aromatic rings. The molecule has 1 saturated heterocycles. The highest BCUT2D eigenvalue weighted by Gasteiger charge is 2.40. The summed E-state index contributed by atoms with van der Waals surface area (Å²) in [5, 5.41) is 1.51. The molecular formula is C19H24N2S. The first kappa shape index (κ1) is 14.4. The van der Waals surface area contributed by atoms with Gasteiger partial charge in [-0.1, -0.05) is 18.2 Å². The molecule has 22 heavy (non-hydrogen) atoms. The quantitative estimate of drug-likeness (QED) is 0.859. The lowest BCUT2D eigenvalue weighted by atomic mass is 9.72. The summed E-state index contributed by atoms with van der Waals surface area (Å²) in [6.07, 6.45) is 9.05. The van der Waals surface area contributed by atoms with Crippen LogP contribution < -0.4 is 0 Å². The Morgan fingerprint density at radius 3 is 3.18 bits per heavy atom. The van der Waals surface area contributed by atoms with Crippen molar-refractivity contribution in [2.75, 3.05) is 25.1 Å². The van der Waals surface area contributed by atoms with Gasteiger partial charge in [0, 0.05) is 42.1 Å². The molecule has 0 bridgehead atoms. The van der Waals surface area contributed by atoms with E-state index in [0.29, 0.717) is 12.0 Å². The molecule has 3 heteroatoms. The molecule has 1 aromatic carbocycles. The number of likely N-dealkylation sites (tertiary alicyclic amines) is 1. The van der Waals surface area contributed by atoms with Crippen LogP contribution in [0, 0.1) is 5.92 Å². The maximum atomic E-state index is 3.98. The Bertz CT molecular complexity index is 690. The van der Waals surface area contributed by atoms with Crippen molar-refractivity contribution in [3.63, 3.8) is 0 Å². The maximum Gasteiger partial charge on any atom is 0.0459 e. The van der Waals surface area contributed by atoms with Crippen LogP contribution in [0.5, 0.6) is 0 Å². The Kier molecular flexibility index (Phi) is 3.79. The van der Waals surface area contributed by atoms with Crippen molar-refractivity contribution in [3.8, 4) is 0 Å². The Labute approximate surface area is 137 Å². The van der Waals surface area contributed by atoms with Crippen LogP contribution in [0.15, 0.2) is 37.1 Å². The number of piperidine rings is 1. The Hall–Kier alpha value is -1.19. The van der Waals surface area contributed by atoms with Crippen LogP contribution >= 0.6 is 11.8 Å². The minimum Gasteiger partial charge on any atom is -0.361 e. The molecule has 1 aliphatic heterocycles. The van der Waals surface area contributed by atoms with Gasteiger partial charge in [-0.15, -0.1) is 6.58 Å². The number of rotatable bonds is 4. The van der Waals surface area contributed by atoms with E-state index in [4.69, 9.17) is 0 Å². The smallest absolute Gasteiger partial charge is 0.0459 e. The van der Waals surface area contributed by atoms with Gasteiger partial charge in [0.15, 0.2) is 0 Å². The normalized spacial score (nSPS) is 27.8. The van der Waals surface area contributed by atoms with Gasteiger partial charge in [-0.05, 0) is 48.0 Å². The van der Waals surface area contributed by atoms with Gasteiger partial charge in [0.1, 0.15) is 0 Å². The summed E-state index contributed by atoms with van der Waals surface area (Å²) in [6.45, 7) is 6.22. The summed E-state index contributed by atoms with van der Waals surface area (Å²) < 4.78 is 0. The second-order valence-corrected chi connectivity index (χ2v) is 7.67. The Morgan fingerprint density at radius 1 is 1.45 bits per heavy atom. The average Bonchev–Trinajstić information content (AvgIpc) is 2.94. The van der Waals surface area contributed by atoms with E-state index in [9.17, 15) is 0 Å². The lowest BCUT2D eigenvalue weighted by molar-refractivity contribution is 0.105. The van der Waals surface area contributed by atoms with Gasteiger partial charge in [0.25, 0.3) is 0 Å². The molecule has 2 aliphatic rings. The zero-order valence-electron chi connectivity index (χ0n) is 13.2. The van der Waals surface area contributed by atoms with Gasteiger partial charge < -0.3 is 4.98 Å². The fourth-order valence-electron chi connectivity index (χ4n) is 4.63. The number of H-pyrrole nitrogens is 1. The molecule has 1 unspecified atom stereocenters. The highest BCUT2D eigenvalue weighted by atomic mass is 32.2. The largest absolute Gasteiger partial charge is 0.361 e. The van der Waals surface area contributed by atoms with Gasteiger partial charge in [-0.2, -0.15) is 11.8 Å². The van der Waals surface area contributed by atoms with Crippen molar-refractivity contribution in [2.45, 2.75) is 24.8 Å². The second kappa shape index (κ2) is 5.78. The number of aromatic nitrogens is 1. The summed E-state index contributed by atoms with van der Waals surface area (Å²) in [6, 6.07) is 7.44. The lowest BCUT2D eigenvalue weighted by Gasteiger charge is -2.47. The van der Waals surface area contributed by atoms with Crippen LogP contribution in [-0.4, -0.2) is 41.0 Å². The zero-order chi connectivity index (χ0) is 15.1. The van der Waals surface area contributed by atoms with Crippen LogP contribution in [-0.2, 0) is 6.42 Å². The topological polar surface area (TPSA) is 19.0 Å². The number of aromatic amines is 1. The molecule has 1 fully saturated rings. The molecular weight excluding hydrogens is 288 g/mol. The highest BCUT2D eigenvalue weighted by molar-refractivity contribution is 7.98. The van der Waals surface area contributed by atoms with Crippen LogP contribution in [0.25, 0.3) is 10.9 Å². The predicted molar refractivity (Wildman–Crippen MR) is 96.8 cm³/mol. The lowest BCUT2D eigenvalue weighted by Crippen LogP contribution is -2.50. The van der Waals surface area contributed by atoms with Gasteiger partial charge in [0.2, 0.25) is 0 Å². The number of benzene rings is 1. The Balaban J connectivity index is 1.77. The summed E-state index contributed by atoms with van der Waals surface area (Å²) in [5.74, 6) is 2.75. The number of hydrogen-bond acceptors (Lipinski definition) is 2. The molecule has 4 rings (SSSR count). The number of fused-ring (bicyclic) bond motifs is 2. The van der Waals surface area contributed by atoms with E-state index in [-0.39, 0.29) is 0 Å². The fraction of sp³-hybridized carbons (Fsp3) is 0.474. The SMILES string of the molecule is C=CCN1CC(CSC)C[C@@H]2c3cccc4[nH]cc(c34)C[C@H]21. The third-order valence-corrected chi connectivity index (χ3v) is 6.23. The van der Waals surface area contributed by atoms with Crippen LogP contribution in [0.4, 0.5) is 0 Å². The first-order valence-corrected chi connectivity index (χ1v) is 9.64. The zero-order valence-corrected chi connectivity index (χ0v) is 14.0. The number of nitrogens with zero attached hydrogens (tertiary/aromatic N) is 1. The third-order valence-electron chi connectivity index (χ3n) is 5.43. The van der Waals surface area contributed by atoms with Crippen molar-refractivity contribution >= 4 is 22.7 Å². The summed E-state index contributed by atoms with van der Waals surface area (Å²) >= 11 is 1.99. The van der Waals surface area contributed by atoms with E-state index in [0.717, 1.165) is 12.5 Å². The maximum absolute atomic E-state index is 3.98. The van der Waals surface area contributed by atoms with Crippen LogP contribution in [0.1, 0.15) is 23.5 Å². The summed E-state index contributed by atoms with van der Waals surface area (Å²) in [5.41, 5.74) is 4.39. The molecule has 2 nitrogen and oxygen atoms in total. The molecule has 0 radical (unpaired) electrons. The van der Waals surface area contributed by atoms with Crippen molar-refractivity contribution in [2.24, 2.45) is 5.92 Å². The number of hydrogen-bond donors (Lipinski definition) is 1. The average molecular weight is 312 g/mol. The van der Waals surface area contributed by atoms with Crippen molar-refractivity contribution < 1.29 is 0 Å². The fourth-order valence-corrected chi connectivity index (χ4v) is 5.34. The minimum atomic E-state index is 0.644. The molecule has 0 saturated carbocycles. The standard InChI is InChI=1S/C19H24N2S/c1-3-7-21-11-13(12-22-2)8-16-15-5-4-6-17-19(15)14(10-20-17)9-18(16)21/h3-6,10,13,16,18,20H,1,7-9,11-12H2,2H3/t13?,16-,18-/m1/s1. The van der Waals surface area contributed by atoms with E-state index < -0.39 is 0 Å². The molecule has 1 N–H and O–H groups in total. The first-order chi connectivity index (χ1) is 10.8. The molecule has 1 aliphatic carbocycles. The minimum absolute atomic E-state index is 0.644. The molecule has 0 spiro atoms. The second-order valence-electron chi connectivity index (χ2n) is 6.76. The van der Waals surface area contributed by atoms with E-state index >= 15 is 0 Å². The van der Waals surface area contributed by atoms with Crippen molar-refractivity contribution in [1.82, 2.24) is 9.88 Å². The van der Waals surface area contributed by atoms with Crippen LogP contribution in [0.3, 0.4) is 0 Å². The molecule has 116 valence electrons. The first-order valence-electron chi connectivity index (χ1n) is 8.24. The van der Waals surface area contributed by atoms with Crippen LogP contribution in [0.2, 0.25) is 0 Å². The van der Waals surface area contributed by atoms with Gasteiger partial charge in [-0.25, -0.2) is 0 Å². The Morgan fingerprint density at radius 2 is 2.36 bits per heavy atom. The van der Waals surface area contributed by atoms with E-state index in [1.807, 2.05) is 11.8 Å². The predicted octanol–water partition coefficient (Wildman–Crippen LogP) is 4.05. The third kappa shape index (κ3) is 2.22. The van der Waals surface area contributed by atoms with E-state index in [1.54, 1.807) is 5.56 Å². The molecule has 1 aromatic heterocycles.